The molecule has 1 aromatic rings. The summed E-state index contributed by atoms with van der Waals surface area (Å²) in [6, 6.07) is 8.54. The summed E-state index contributed by atoms with van der Waals surface area (Å²) in [5, 5.41) is 0. The Labute approximate surface area is 74.6 Å². The maximum Gasteiger partial charge on any atom is 0.0178 e. The van der Waals surface area contributed by atoms with Crippen molar-refractivity contribution in [3.63, 3.8) is 0 Å². The molecule has 1 aromatic carbocycles. The molecule has 66 valence electrons. The molecule has 0 saturated heterocycles. The normalized spacial score (nSPS) is 12.9. The van der Waals surface area contributed by atoms with Crippen molar-refractivity contribution in [2.24, 2.45) is 5.73 Å². The molecular weight excluding hydrogens is 146 g/mol. The van der Waals surface area contributed by atoms with Crippen molar-refractivity contribution in [3.05, 3.63) is 35.4 Å². The van der Waals surface area contributed by atoms with Crippen LogP contribution in [-0.2, 0) is 6.54 Å². The molecule has 1 rings (SSSR count). The number of benzene rings is 1. The first-order chi connectivity index (χ1) is 5.77. The average molecular weight is 163 g/mol. The molecule has 12 heavy (non-hydrogen) atoms. The minimum Gasteiger partial charge on any atom is -0.326 e. The van der Waals surface area contributed by atoms with Crippen molar-refractivity contribution in [1.82, 2.24) is 0 Å². The molecule has 1 heteroatoms. The number of hydrogen-bond acceptors (Lipinski definition) is 1. The minimum atomic E-state index is 0.643. The molecule has 0 fully saturated rings. The van der Waals surface area contributed by atoms with Crippen LogP contribution in [0.3, 0.4) is 0 Å². The smallest absolute Gasteiger partial charge is 0.0178 e. The fraction of sp³-hybridized carbons (Fsp3) is 0.455. The fourth-order valence-corrected chi connectivity index (χ4v) is 1.26. The van der Waals surface area contributed by atoms with Gasteiger partial charge in [0.15, 0.2) is 0 Å². The van der Waals surface area contributed by atoms with Gasteiger partial charge in [0.25, 0.3) is 0 Å². The largest absolute Gasteiger partial charge is 0.326 e. The zero-order valence-electron chi connectivity index (χ0n) is 7.88. The van der Waals surface area contributed by atoms with Crippen LogP contribution < -0.4 is 5.73 Å². The summed E-state index contributed by atoms with van der Waals surface area (Å²) in [5.74, 6) is 0.650. The van der Waals surface area contributed by atoms with E-state index in [4.69, 9.17) is 5.73 Å². The molecule has 1 atom stereocenters. The number of hydrogen-bond donors (Lipinski definition) is 1. The van der Waals surface area contributed by atoms with Gasteiger partial charge >= 0.3 is 0 Å². The first-order valence-electron chi connectivity index (χ1n) is 4.56. The zero-order chi connectivity index (χ0) is 8.97. The molecule has 0 saturated carbocycles. The zero-order valence-corrected chi connectivity index (χ0v) is 7.88. The van der Waals surface area contributed by atoms with Crippen LogP contribution in [0.4, 0.5) is 0 Å². The van der Waals surface area contributed by atoms with E-state index in [0.29, 0.717) is 12.5 Å². The maximum atomic E-state index is 5.56. The van der Waals surface area contributed by atoms with Crippen LogP contribution in [0.2, 0.25) is 0 Å². The number of rotatable bonds is 3. The van der Waals surface area contributed by atoms with Crippen LogP contribution in [-0.4, -0.2) is 0 Å². The molecular formula is C11H17N. The van der Waals surface area contributed by atoms with Gasteiger partial charge in [0.2, 0.25) is 0 Å². The first-order valence-corrected chi connectivity index (χ1v) is 4.56. The van der Waals surface area contributed by atoms with Gasteiger partial charge in [0, 0.05) is 6.54 Å². The molecule has 0 aromatic heterocycles. The highest BCUT2D eigenvalue weighted by Crippen LogP contribution is 2.18. The van der Waals surface area contributed by atoms with Crippen LogP contribution in [0.1, 0.15) is 37.3 Å². The second-order valence-electron chi connectivity index (χ2n) is 3.26. The molecule has 1 nitrogen and oxygen atoms in total. The van der Waals surface area contributed by atoms with Crippen molar-refractivity contribution in [2.45, 2.75) is 32.7 Å². The Morgan fingerprint density at radius 1 is 1.42 bits per heavy atom. The Morgan fingerprint density at radius 2 is 2.17 bits per heavy atom. The highest BCUT2D eigenvalue weighted by atomic mass is 14.5. The Kier molecular flexibility index (Phi) is 3.30. The third kappa shape index (κ3) is 2.08. The summed E-state index contributed by atoms with van der Waals surface area (Å²) in [6.45, 7) is 5.10. The molecule has 2 N–H and O–H groups in total. The van der Waals surface area contributed by atoms with Crippen LogP contribution in [0.15, 0.2) is 24.3 Å². The standard InChI is InChI=1S/C11H17N/c1-3-9(2)11-6-4-5-10(7-11)8-12/h4-7,9H,3,8,12H2,1-2H3. The van der Waals surface area contributed by atoms with Crippen molar-refractivity contribution in [1.29, 1.82) is 0 Å². The van der Waals surface area contributed by atoms with Crippen molar-refractivity contribution in [3.8, 4) is 0 Å². The first kappa shape index (κ1) is 9.27. The van der Waals surface area contributed by atoms with Gasteiger partial charge in [0.05, 0.1) is 0 Å². The lowest BCUT2D eigenvalue weighted by molar-refractivity contribution is 0.732. The van der Waals surface area contributed by atoms with E-state index < -0.39 is 0 Å². The van der Waals surface area contributed by atoms with E-state index in [-0.39, 0.29) is 0 Å². The molecule has 0 bridgehead atoms. The quantitative estimate of drug-likeness (QED) is 0.728. The predicted molar refractivity (Wildman–Crippen MR) is 53.0 cm³/mol. The third-order valence-corrected chi connectivity index (χ3v) is 2.37. The molecule has 0 amide bonds. The van der Waals surface area contributed by atoms with Gasteiger partial charge in [-0.1, -0.05) is 38.1 Å². The highest BCUT2D eigenvalue weighted by molar-refractivity contribution is 5.25. The minimum absolute atomic E-state index is 0.643. The topological polar surface area (TPSA) is 26.0 Å². The van der Waals surface area contributed by atoms with E-state index in [0.717, 1.165) is 0 Å². The summed E-state index contributed by atoms with van der Waals surface area (Å²) >= 11 is 0. The van der Waals surface area contributed by atoms with E-state index in [9.17, 15) is 0 Å². The van der Waals surface area contributed by atoms with Crippen molar-refractivity contribution >= 4 is 0 Å². The second-order valence-corrected chi connectivity index (χ2v) is 3.26. The van der Waals surface area contributed by atoms with Crippen molar-refractivity contribution in [2.75, 3.05) is 0 Å². The van der Waals surface area contributed by atoms with Crippen LogP contribution in [0, 0.1) is 0 Å². The SMILES string of the molecule is CCC(C)c1cccc(CN)c1. The summed E-state index contributed by atoms with van der Waals surface area (Å²) in [7, 11) is 0. The van der Waals surface area contributed by atoms with E-state index in [1.54, 1.807) is 0 Å². The van der Waals surface area contributed by atoms with Gasteiger partial charge in [0.1, 0.15) is 0 Å². The summed E-state index contributed by atoms with van der Waals surface area (Å²) in [6.07, 6.45) is 1.19. The molecule has 1 unspecified atom stereocenters. The van der Waals surface area contributed by atoms with Crippen LogP contribution in [0.5, 0.6) is 0 Å². The Bertz CT molecular complexity index is 243. The van der Waals surface area contributed by atoms with Gasteiger partial charge < -0.3 is 5.73 Å². The van der Waals surface area contributed by atoms with Gasteiger partial charge in [-0.05, 0) is 23.5 Å². The van der Waals surface area contributed by atoms with E-state index in [1.807, 2.05) is 0 Å². The van der Waals surface area contributed by atoms with Crippen LogP contribution >= 0.6 is 0 Å². The van der Waals surface area contributed by atoms with E-state index in [1.165, 1.54) is 17.5 Å². The molecule has 0 spiro atoms. The average Bonchev–Trinajstić information content (AvgIpc) is 2.17. The lowest BCUT2D eigenvalue weighted by atomic mass is 9.97. The molecule has 0 aliphatic rings. The van der Waals surface area contributed by atoms with E-state index >= 15 is 0 Å². The predicted octanol–water partition coefficient (Wildman–Crippen LogP) is 2.66. The van der Waals surface area contributed by atoms with E-state index in [2.05, 4.69) is 38.1 Å². The maximum absolute atomic E-state index is 5.56. The number of nitrogens with two attached hydrogens (primary N) is 1. The summed E-state index contributed by atoms with van der Waals surface area (Å²) in [5.41, 5.74) is 8.19. The molecule has 0 aliphatic carbocycles. The Balaban J connectivity index is 2.86. The van der Waals surface area contributed by atoms with Gasteiger partial charge in [-0.15, -0.1) is 0 Å². The second kappa shape index (κ2) is 4.27. The fourth-order valence-electron chi connectivity index (χ4n) is 1.26. The summed E-state index contributed by atoms with van der Waals surface area (Å²) < 4.78 is 0. The molecule has 0 radical (unpaired) electrons. The van der Waals surface area contributed by atoms with Gasteiger partial charge in [-0.25, -0.2) is 0 Å². The van der Waals surface area contributed by atoms with Gasteiger partial charge in [-0.3, -0.25) is 0 Å². The third-order valence-electron chi connectivity index (χ3n) is 2.37. The summed E-state index contributed by atoms with van der Waals surface area (Å²) in [4.78, 5) is 0. The molecule has 0 heterocycles. The monoisotopic (exact) mass is 163 g/mol. The Morgan fingerprint density at radius 3 is 2.75 bits per heavy atom. The Hall–Kier alpha value is -0.820. The van der Waals surface area contributed by atoms with Gasteiger partial charge in [-0.2, -0.15) is 0 Å². The molecule has 0 aliphatic heterocycles. The van der Waals surface area contributed by atoms with Crippen LogP contribution in [0.25, 0.3) is 0 Å². The lowest BCUT2D eigenvalue weighted by Crippen LogP contribution is -1.98. The van der Waals surface area contributed by atoms with Crippen molar-refractivity contribution < 1.29 is 0 Å². The lowest BCUT2D eigenvalue weighted by Gasteiger charge is -2.09. The highest BCUT2D eigenvalue weighted by Gasteiger charge is 2.01.